The highest BCUT2D eigenvalue weighted by atomic mass is 32.2. The molecule has 2 amide bonds. The standard InChI is InChI=1S/C6H10N4OS/c7-6(11)9-10-8-3-5(12-10)4-1-2-4/h3-5H,1-2H2,(H3,7,9,11). The van der Waals surface area contributed by atoms with Gasteiger partial charge in [0, 0.05) is 18.2 Å². The van der Waals surface area contributed by atoms with Crippen molar-refractivity contribution >= 4 is 24.2 Å². The Morgan fingerprint density at radius 2 is 2.50 bits per heavy atom. The van der Waals surface area contributed by atoms with Gasteiger partial charge in [0.1, 0.15) is 0 Å². The second-order valence-corrected chi connectivity index (χ2v) is 4.02. The summed E-state index contributed by atoms with van der Waals surface area (Å²) in [5, 5.41) is 4.41. The fourth-order valence-corrected chi connectivity index (χ4v) is 2.11. The lowest BCUT2D eigenvalue weighted by Crippen LogP contribution is -2.37. The Morgan fingerprint density at radius 1 is 1.75 bits per heavy atom. The highest BCUT2D eigenvalue weighted by Crippen LogP contribution is 2.40. The molecule has 5 nitrogen and oxygen atoms in total. The van der Waals surface area contributed by atoms with E-state index in [0.717, 1.165) is 5.92 Å². The Balaban J connectivity index is 1.82. The summed E-state index contributed by atoms with van der Waals surface area (Å²) in [5.74, 6) is 0.749. The van der Waals surface area contributed by atoms with E-state index >= 15 is 0 Å². The number of hydrogen-bond acceptors (Lipinski definition) is 4. The van der Waals surface area contributed by atoms with E-state index in [-0.39, 0.29) is 0 Å². The molecule has 0 radical (unpaired) electrons. The molecule has 0 saturated heterocycles. The van der Waals surface area contributed by atoms with Crippen molar-refractivity contribution in [3.05, 3.63) is 0 Å². The first-order chi connectivity index (χ1) is 5.75. The number of hydrazone groups is 1. The van der Waals surface area contributed by atoms with Crippen molar-refractivity contribution in [2.24, 2.45) is 16.8 Å². The highest BCUT2D eigenvalue weighted by molar-refractivity contribution is 7.98. The van der Waals surface area contributed by atoms with Crippen LogP contribution in [0.15, 0.2) is 5.10 Å². The SMILES string of the molecule is NC(=O)NN1N=CC(C2CC2)S1. The third-order valence-electron chi connectivity index (χ3n) is 1.83. The molecule has 2 rings (SSSR count). The van der Waals surface area contributed by atoms with Crippen LogP contribution in [0.1, 0.15) is 12.8 Å². The van der Waals surface area contributed by atoms with E-state index < -0.39 is 6.03 Å². The number of nitrogens with zero attached hydrogens (tertiary/aromatic N) is 2. The maximum Gasteiger partial charge on any atom is 0.333 e. The number of nitrogens with one attached hydrogen (secondary N) is 1. The number of urea groups is 1. The van der Waals surface area contributed by atoms with E-state index in [1.165, 1.54) is 29.3 Å². The summed E-state index contributed by atoms with van der Waals surface area (Å²) in [7, 11) is 0. The normalized spacial score (nSPS) is 27.7. The Kier molecular flexibility index (Phi) is 1.84. The molecule has 6 heteroatoms. The van der Waals surface area contributed by atoms with Gasteiger partial charge >= 0.3 is 6.03 Å². The molecule has 2 aliphatic rings. The molecular formula is C6H10N4OS. The third kappa shape index (κ3) is 1.63. The molecule has 0 aromatic rings. The van der Waals surface area contributed by atoms with Crippen molar-refractivity contribution in [3.8, 4) is 0 Å². The zero-order valence-corrected chi connectivity index (χ0v) is 7.25. The zero-order valence-electron chi connectivity index (χ0n) is 6.43. The van der Waals surface area contributed by atoms with Gasteiger partial charge in [-0.15, -0.1) is 4.52 Å². The molecule has 0 bridgehead atoms. The Hall–Kier alpha value is -0.910. The van der Waals surface area contributed by atoms with Crippen LogP contribution in [-0.2, 0) is 0 Å². The third-order valence-corrected chi connectivity index (χ3v) is 2.97. The molecule has 0 aromatic carbocycles. The lowest BCUT2D eigenvalue weighted by molar-refractivity contribution is 0.233. The lowest BCUT2D eigenvalue weighted by Gasteiger charge is -2.12. The van der Waals surface area contributed by atoms with Crippen LogP contribution < -0.4 is 11.2 Å². The number of amides is 2. The van der Waals surface area contributed by atoms with E-state index in [1.807, 2.05) is 6.21 Å². The summed E-state index contributed by atoms with van der Waals surface area (Å²) in [4.78, 5) is 10.4. The second kappa shape index (κ2) is 2.85. The maximum absolute atomic E-state index is 10.4. The largest absolute Gasteiger partial charge is 0.350 e. The van der Waals surface area contributed by atoms with Crippen LogP contribution in [0, 0.1) is 5.92 Å². The Bertz CT molecular complexity index is 228. The van der Waals surface area contributed by atoms with E-state index in [2.05, 4.69) is 10.5 Å². The first-order valence-electron chi connectivity index (χ1n) is 3.83. The van der Waals surface area contributed by atoms with Gasteiger partial charge in [-0.3, -0.25) is 0 Å². The highest BCUT2D eigenvalue weighted by Gasteiger charge is 2.35. The van der Waals surface area contributed by atoms with Gasteiger partial charge in [0.2, 0.25) is 0 Å². The average Bonchev–Trinajstić information content (AvgIpc) is 2.73. The van der Waals surface area contributed by atoms with Crippen molar-refractivity contribution in [3.63, 3.8) is 0 Å². The predicted octanol–water partition coefficient (Wildman–Crippen LogP) is 0.298. The van der Waals surface area contributed by atoms with Gasteiger partial charge in [-0.2, -0.15) is 5.10 Å². The van der Waals surface area contributed by atoms with Crippen molar-refractivity contribution in [2.45, 2.75) is 18.1 Å². The smallest absolute Gasteiger partial charge is 0.333 e. The van der Waals surface area contributed by atoms with Gasteiger partial charge in [-0.25, -0.2) is 10.2 Å². The minimum Gasteiger partial charge on any atom is -0.350 e. The summed E-state index contributed by atoms with van der Waals surface area (Å²) in [6.45, 7) is 0. The van der Waals surface area contributed by atoms with Crippen LogP contribution in [0.4, 0.5) is 4.79 Å². The lowest BCUT2D eigenvalue weighted by atomic mass is 10.3. The van der Waals surface area contributed by atoms with Crippen molar-refractivity contribution in [1.29, 1.82) is 0 Å². The number of primary amides is 1. The monoisotopic (exact) mass is 186 g/mol. The van der Waals surface area contributed by atoms with Gasteiger partial charge in [-0.05, 0) is 18.8 Å². The van der Waals surface area contributed by atoms with Crippen LogP contribution in [0.2, 0.25) is 0 Å². The summed E-state index contributed by atoms with van der Waals surface area (Å²) in [6.07, 6.45) is 4.40. The maximum atomic E-state index is 10.4. The zero-order chi connectivity index (χ0) is 8.55. The van der Waals surface area contributed by atoms with Gasteiger partial charge in [0.25, 0.3) is 0 Å². The average molecular weight is 186 g/mol. The van der Waals surface area contributed by atoms with Gasteiger partial charge < -0.3 is 5.73 Å². The summed E-state index contributed by atoms with van der Waals surface area (Å²) in [6, 6.07) is -0.573. The molecule has 1 heterocycles. The topological polar surface area (TPSA) is 70.7 Å². The fourth-order valence-electron chi connectivity index (χ4n) is 1.08. The van der Waals surface area contributed by atoms with Crippen LogP contribution in [0.25, 0.3) is 0 Å². The van der Waals surface area contributed by atoms with Crippen LogP contribution in [0.3, 0.4) is 0 Å². The second-order valence-electron chi connectivity index (χ2n) is 2.92. The summed E-state index contributed by atoms with van der Waals surface area (Å²) >= 11 is 1.51. The first-order valence-corrected chi connectivity index (χ1v) is 4.66. The molecular weight excluding hydrogens is 176 g/mol. The Morgan fingerprint density at radius 3 is 3.08 bits per heavy atom. The van der Waals surface area contributed by atoms with Gasteiger partial charge in [-0.1, -0.05) is 0 Å². The number of hydrazine groups is 1. The molecule has 66 valence electrons. The quantitative estimate of drug-likeness (QED) is 0.609. The molecule has 12 heavy (non-hydrogen) atoms. The molecule has 1 unspecified atom stereocenters. The van der Waals surface area contributed by atoms with Crippen LogP contribution in [-0.4, -0.2) is 22.0 Å². The molecule has 3 N–H and O–H groups in total. The summed E-state index contributed by atoms with van der Waals surface area (Å²) < 4.78 is 1.42. The number of carbonyl (C=O) groups excluding carboxylic acids is 1. The number of hydrogen-bond donors (Lipinski definition) is 2. The van der Waals surface area contributed by atoms with Gasteiger partial charge in [0.15, 0.2) is 0 Å². The molecule has 1 saturated carbocycles. The summed E-state index contributed by atoms with van der Waals surface area (Å²) in [5.41, 5.74) is 7.32. The van der Waals surface area contributed by atoms with Gasteiger partial charge in [0.05, 0.1) is 5.25 Å². The minimum absolute atomic E-state index is 0.428. The minimum atomic E-state index is -0.573. The molecule has 1 fully saturated rings. The van der Waals surface area contributed by atoms with E-state index in [9.17, 15) is 4.79 Å². The predicted molar refractivity (Wildman–Crippen MR) is 47.2 cm³/mol. The number of rotatable bonds is 2. The molecule has 1 atom stereocenters. The Labute approximate surface area is 74.5 Å². The van der Waals surface area contributed by atoms with Crippen molar-refractivity contribution in [2.75, 3.05) is 0 Å². The van der Waals surface area contributed by atoms with E-state index in [0.29, 0.717) is 5.25 Å². The molecule has 1 aliphatic heterocycles. The number of carbonyl (C=O) groups is 1. The van der Waals surface area contributed by atoms with Crippen LogP contribution in [0.5, 0.6) is 0 Å². The number of nitrogens with two attached hydrogens (primary N) is 1. The van der Waals surface area contributed by atoms with Crippen molar-refractivity contribution in [1.82, 2.24) is 9.95 Å². The van der Waals surface area contributed by atoms with Crippen molar-refractivity contribution < 1.29 is 4.79 Å². The van der Waals surface area contributed by atoms with E-state index in [1.54, 1.807) is 0 Å². The van der Waals surface area contributed by atoms with Crippen LogP contribution >= 0.6 is 11.9 Å². The molecule has 0 aromatic heterocycles. The molecule has 1 aliphatic carbocycles. The fraction of sp³-hybridized carbons (Fsp3) is 0.667. The first kappa shape index (κ1) is 7.72. The molecule has 0 spiro atoms. The van der Waals surface area contributed by atoms with E-state index in [4.69, 9.17) is 5.73 Å².